The maximum absolute atomic E-state index is 9.44. The molecule has 1 aliphatic rings. The number of nitrogens with one attached hydrogen (secondary N) is 1. The third kappa shape index (κ3) is 1.52. The van der Waals surface area contributed by atoms with Gasteiger partial charge in [0.25, 0.3) is 0 Å². The van der Waals surface area contributed by atoms with Gasteiger partial charge in [0.15, 0.2) is 0 Å². The number of phenols is 1. The van der Waals surface area contributed by atoms with E-state index in [0.717, 1.165) is 25.9 Å². The maximum Gasteiger partial charge on any atom is 0.117 e. The Balaban J connectivity index is 2.23. The first-order valence-corrected chi connectivity index (χ1v) is 6.10. The van der Waals surface area contributed by atoms with E-state index in [1.807, 2.05) is 23.5 Å². The molecule has 1 aromatic carbocycles. The van der Waals surface area contributed by atoms with Gasteiger partial charge in [-0.05, 0) is 55.1 Å². The minimum Gasteiger partial charge on any atom is -0.508 e. The van der Waals surface area contributed by atoms with Crippen LogP contribution >= 0.6 is 11.3 Å². The first-order valence-electron chi connectivity index (χ1n) is 5.28. The molecule has 0 amide bonds. The van der Waals surface area contributed by atoms with Gasteiger partial charge < -0.3 is 10.4 Å². The Morgan fingerprint density at radius 2 is 2.07 bits per heavy atom. The summed E-state index contributed by atoms with van der Waals surface area (Å²) in [6, 6.07) is 5.71. The summed E-state index contributed by atoms with van der Waals surface area (Å²) in [5.74, 6) is 0.372. The van der Waals surface area contributed by atoms with Crippen LogP contribution in [-0.2, 0) is 12.8 Å². The summed E-state index contributed by atoms with van der Waals surface area (Å²) in [5.41, 5.74) is 1.49. The van der Waals surface area contributed by atoms with Gasteiger partial charge in [-0.3, -0.25) is 0 Å². The van der Waals surface area contributed by atoms with Crippen molar-refractivity contribution in [3.63, 3.8) is 0 Å². The van der Waals surface area contributed by atoms with Crippen LogP contribution in [0.5, 0.6) is 5.75 Å². The van der Waals surface area contributed by atoms with Crippen molar-refractivity contribution in [1.29, 1.82) is 0 Å². The zero-order valence-electron chi connectivity index (χ0n) is 8.42. The summed E-state index contributed by atoms with van der Waals surface area (Å²) >= 11 is 1.83. The Bertz CT molecular complexity index is 504. The first-order chi connectivity index (χ1) is 7.34. The third-order valence-corrected chi connectivity index (χ3v) is 4.20. The third-order valence-electron chi connectivity index (χ3n) is 2.94. The molecule has 2 nitrogen and oxygen atoms in total. The highest BCUT2D eigenvalue weighted by Gasteiger charge is 2.14. The second-order valence-electron chi connectivity index (χ2n) is 3.93. The number of thiophene rings is 1. The van der Waals surface area contributed by atoms with Gasteiger partial charge in [-0.15, -0.1) is 11.3 Å². The van der Waals surface area contributed by atoms with Gasteiger partial charge in [-0.1, -0.05) is 0 Å². The van der Waals surface area contributed by atoms with E-state index < -0.39 is 0 Å². The molecule has 0 aliphatic carbocycles. The van der Waals surface area contributed by atoms with Crippen molar-refractivity contribution >= 4 is 21.4 Å². The van der Waals surface area contributed by atoms with Crippen LogP contribution in [-0.4, -0.2) is 18.2 Å². The molecule has 0 fully saturated rings. The molecule has 78 valence electrons. The highest BCUT2D eigenvalue weighted by Crippen LogP contribution is 2.34. The Morgan fingerprint density at radius 3 is 3.00 bits per heavy atom. The molecule has 2 aromatic rings. The normalized spacial score (nSPS) is 16.3. The summed E-state index contributed by atoms with van der Waals surface area (Å²) in [6.07, 6.45) is 2.23. The zero-order valence-corrected chi connectivity index (χ0v) is 9.23. The summed E-state index contributed by atoms with van der Waals surface area (Å²) in [6.45, 7) is 2.14. The summed E-state index contributed by atoms with van der Waals surface area (Å²) < 4.78 is 1.22. The Kier molecular flexibility index (Phi) is 2.15. The number of phenolic OH excluding ortho intramolecular Hbond substituents is 1. The monoisotopic (exact) mass is 219 g/mol. The predicted octanol–water partition coefficient (Wildman–Crippen LogP) is 2.30. The molecule has 1 aromatic heterocycles. The zero-order chi connectivity index (χ0) is 10.3. The fourth-order valence-corrected chi connectivity index (χ4v) is 3.49. The highest BCUT2D eigenvalue weighted by molar-refractivity contribution is 7.19. The standard InChI is InChI=1S/C12H13NOS/c14-8-1-2-9-10-3-5-13-6-4-11(10)15-12(9)7-8/h1-2,7,13-14H,3-6H2. The van der Waals surface area contributed by atoms with Crippen LogP contribution in [0.15, 0.2) is 18.2 Å². The van der Waals surface area contributed by atoms with Gasteiger partial charge in [0.05, 0.1) is 0 Å². The van der Waals surface area contributed by atoms with Crippen LogP contribution in [0, 0.1) is 0 Å². The number of fused-ring (bicyclic) bond motifs is 3. The lowest BCUT2D eigenvalue weighted by atomic mass is 10.1. The molecule has 0 saturated carbocycles. The van der Waals surface area contributed by atoms with E-state index in [9.17, 15) is 5.11 Å². The number of aromatic hydroxyl groups is 1. The number of rotatable bonds is 0. The van der Waals surface area contributed by atoms with Crippen molar-refractivity contribution in [2.24, 2.45) is 0 Å². The van der Waals surface area contributed by atoms with Crippen molar-refractivity contribution < 1.29 is 5.11 Å². The van der Waals surface area contributed by atoms with E-state index in [0.29, 0.717) is 5.75 Å². The van der Waals surface area contributed by atoms with E-state index in [1.54, 1.807) is 6.07 Å². The lowest BCUT2D eigenvalue weighted by Crippen LogP contribution is -2.16. The average molecular weight is 219 g/mol. The molecule has 0 spiro atoms. The largest absolute Gasteiger partial charge is 0.508 e. The molecule has 2 heterocycles. The Morgan fingerprint density at radius 1 is 1.20 bits per heavy atom. The second-order valence-corrected chi connectivity index (χ2v) is 5.07. The van der Waals surface area contributed by atoms with E-state index in [-0.39, 0.29) is 0 Å². The Hall–Kier alpha value is -1.06. The summed E-state index contributed by atoms with van der Waals surface area (Å²) in [4.78, 5) is 1.49. The molecule has 3 heteroatoms. The van der Waals surface area contributed by atoms with Crippen LogP contribution in [0.1, 0.15) is 10.4 Å². The average Bonchev–Trinajstić information content (AvgIpc) is 2.42. The fourth-order valence-electron chi connectivity index (χ4n) is 2.21. The maximum atomic E-state index is 9.44. The van der Waals surface area contributed by atoms with Gasteiger partial charge >= 0.3 is 0 Å². The topological polar surface area (TPSA) is 32.3 Å². The van der Waals surface area contributed by atoms with Crippen LogP contribution in [0.4, 0.5) is 0 Å². The van der Waals surface area contributed by atoms with Crippen molar-refractivity contribution in [1.82, 2.24) is 5.32 Å². The molecule has 0 saturated heterocycles. The molecule has 3 rings (SSSR count). The molecule has 0 radical (unpaired) electrons. The van der Waals surface area contributed by atoms with Crippen LogP contribution in [0.3, 0.4) is 0 Å². The van der Waals surface area contributed by atoms with Crippen LogP contribution in [0.25, 0.3) is 10.1 Å². The molecule has 0 unspecified atom stereocenters. The SMILES string of the molecule is Oc1ccc2c3c(sc2c1)CCNCC3. The number of hydrogen-bond donors (Lipinski definition) is 2. The predicted molar refractivity (Wildman–Crippen MR) is 63.8 cm³/mol. The molecule has 0 atom stereocenters. The number of benzene rings is 1. The van der Waals surface area contributed by atoms with E-state index in [2.05, 4.69) is 5.32 Å². The molecular weight excluding hydrogens is 206 g/mol. The first kappa shape index (κ1) is 9.19. The molecule has 0 bridgehead atoms. The number of hydrogen-bond acceptors (Lipinski definition) is 3. The summed E-state index contributed by atoms with van der Waals surface area (Å²) in [7, 11) is 0. The van der Waals surface area contributed by atoms with Gasteiger partial charge in [0.2, 0.25) is 0 Å². The summed E-state index contributed by atoms with van der Waals surface area (Å²) in [5, 5.41) is 14.2. The van der Waals surface area contributed by atoms with Crippen LogP contribution < -0.4 is 5.32 Å². The van der Waals surface area contributed by atoms with E-state index >= 15 is 0 Å². The van der Waals surface area contributed by atoms with E-state index in [1.165, 1.54) is 20.5 Å². The van der Waals surface area contributed by atoms with Crippen molar-refractivity contribution in [3.05, 3.63) is 28.6 Å². The molecule has 15 heavy (non-hydrogen) atoms. The molecule has 1 aliphatic heterocycles. The quantitative estimate of drug-likeness (QED) is 0.712. The molecule has 2 N–H and O–H groups in total. The van der Waals surface area contributed by atoms with Gasteiger partial charge in [-0.2, -0.15) is 0 Å². The van der Waals surface area contributed by atoms with Crippen molar-refractivity contribution in [3.8, 4) is 5.75 Å². The van der Waals surface area contributed by atoms with Crippen molar-refractivity contribution in [2.45, 2.75) is 12.8 Å². The Labute approximate surface area is 92.6 Å². The lowest BCUT2D eigenvalue weighted by molar-refractivity contribution is 0.476. The van der Waals surface area contributed by atoms with Gasteiger partial charge in [0.1, 0.15) is 5.75 Å². The molecular formula is C12H13NOS. The van der Waals surface area contributed by atoms with Gasteiger partial charge in [0, 0.05) is 9.58 Å². The van der Waals surface area contributed by atoms with Crippen LogP contribution in [0.2, 0.25) is 0 Å². The minimum absolute atomic E-state index is 0.372. The van der Waals surface area contributed by atoms with E-state index in [4.69, 9.17) is 0 Å². The van der Waals surface area contributed by atoms with Gasteiger partial charge in [-0.25, -0.2) is 0 Å². The smallest absolute Gasteiger partial charge is 0.117 e. The highest BCUT2D eigenvalue weighted by atomic mass is 32.1. The fraction of sp³-hybridized carbons (Fsp3) is 0.333. The van der Waals surface area contributed by atoms with Crippen molar-refractivity contribution in [2.75, 3.05) is 13.1 Å². The second kappa shape index (κ2) is 3.51. The lowest BCUT2D eigenvalue weighted by Gasteiger charge is -1.98. The minimum atomic E-state index is 0.372.